The van der Waals surface area contributed by atoms with Gasteiger partial charge in [-0.2, -0.15) is 5.10 Å². The average Bonchev–Trinajstić information content (AvgIpc) is 2.82. The summed E-state index contributed by atoms with van der Waals surface area (Å²) >= 11 is 0. The molecule has 21 heavy (non-hydrogen) atoms. The molecule has 5 heteroatoms. The first-order valence-electron chi connectivity index (χ1n) is 7.04. The fourth-order valence-corrected chi connectivity index (χ4v) is 2.62. The normalized spacial score (nSPS) is 18.2. The molecule has 1 fully saturated rings. The maximum Gasteiger partial charge on any atom is 0.266 e. The second-order valence-corrected chi connectivity index (χ2v) is 5.35. The minimum absolute atomic E-state index is 0.0915. The summed E-state index contributed by atoms with van der Waals surface area (Å²) in [6, 6.07) is 12.9. The van der Waals surface area contributed by atoms with Crippen molar-refractivity contribution in [1.29, 1.82) is 0 Å². The number of carbonyl (C=O) groups excluding carboxylic acids is 1. The van der Waals surface area contributed by atoms with Crippen molar-refractivity contribution in [3.8, 4) is 11.3 Å². The molecule has 108 valence electrons. The molecule has 1 amide bonds. The van der Waals surface area contributed by atoms with E-state index in [9.17, 15) is 9.59 Å². The van der Waals surface area contributed by atoms with Gasteiger partial charge < -0.3 is 4.90 Å². The molecule has 0 spiro atoms. The summed E-state index contributed by atoms with van der Waals surface area (Å²) in [6.07, 6.45) is 0.777. The topological polar surface area (TPSA) is 55.2 Å². The van der Waals surface area contributed by atoms with Gasteiger partial charge in [-0.3, -0.25) is 9.59 Å². The summed E-state index contributed by atoms with van der Waals surface area (Å²) in [7, 11) is 1.79. The lowest BCUT2D eigenvalue weighted by atomic mass is 10.1. The number of amides is 1. The van der Waals surface area contributed by atoms with Crippen molar-refractivity contribution in [2.75, 3.05) is 13.6 Å². The van der Waals surface area contributed by atoms with Gasteiger partial charge in [-0.05, 0) is 12.5 Å². The monoisotopic (exact) mass is 283 g/mol. The molecular weight excluding hydrogens is 266 g/mol. The summed E-state index contributed by atoms with van der Waals surface area (Å²) in [5.74, 6) is -0.0555. The van der Waals surface area contributed by atoms with Crippen LogP contribution in [0.5, 0.6) is 0 Å². The molecule has 1 aromatic heterocycles. The van der Waals surface area contributed by atoms with E-state index < -0.39 is 0 Å². The van der Waals surface area contributed by atoms with Crippen molar-refractivity contribution < 1.29 is 4.79 Å². The smallest absolute Gasteiger partial charge is 0.266 e. The van der Waals surface area contributed by atoms with Gasteiger partial charge in [0.25, 0.3) is 5.56 Å². The number of hydrogen-bond donors (Lipinski definition) is 0. The molecule has 5 nitrogen and oxygen atoms in total. The van der Waals surface area contributed by atoms with Gasteiger partial charge in [-0.1, -0.05) is 30.3 Å². The maximum atomic E-state index is 12.0. The van der Waals surface area contributed by atoms with Gasteiger partial charge in [0, 0.05) is 25.2 Å². The zero-order valence-electron chi connectivity index (χ0n) is 11.9. The second-order valence-electron chi connectivity index (χ2n) is 5.35. The van der Waals surface area contributed by atoms with Crippen molar-refractivity contribution in [2.45, 2.75) is 13.0 Å². The van der Waals surface area contributed by atoms with Crippen LogP contribution in [-0.4, -0.2) is 34.2 Å². The second kappa shape index (κ2) is 5.52. The van der Waals surface area contributed by atoms with Crippen LogP contribution in [0.2, 0.25) is 0 Å². The molecule has 0 aliphatic carbocycles. The van der Waals surface area contributed by atoms with Crippen molar-refractivity contribution in [3.63, 3.8) is 0 Å². The Balaban J connectivity index is 1.89. The quantitative estimate of drug-likeness (QED) is 0.855. The molecule has 0 bridgehead atoms. The standard InChI is InChI=1S/C16H17N3O2/c1-18-10-9-13(16(18)21)11-19-15(20)8-7-14(17-19)12-5-3-2-4-6-12/h2-8,13H,9-11H2,1H3. The van der Waals surface area contributed by atoms with Gasteiger partial charge in [0.1, 0.15) is 0 Å². The molecule has 2 heterocycles. The number of aromatic nitrogens is 2. The lowest BCUT2D eigenvalue weighted by molar-refractivity contribution is -0.130. The van der Waals surface area contributed by atoms with Crippen LogP contribution in [0.25, 0.3) is 11.3 Å². The first kappa shape index (κ1) is 13.5. The Labute approximate surface area is 122 Å². The van der Waals surface area contributed by atoms with Crippen LogP contribution in [0.1, 0.15) is 6.42 Å². The average molecular weight is 283 g/mol. The van der Waals surface area contributed by atoms with Gasteiger partial charge in [-0.25, -0.2) is 4.68 Å². The Kier molecular flexibility index (Phi) is 3.56. The summed E-state index contributed by atoms with van der Waals surface area (Å²) in [5.41, 5.74) is 1.53. The molecule has 1 aliphatic heterocycles. The highest BCUT2D eigenvalue weighted by molar-refractivity contribution is 5.80. The summed E-state index contributed by atoms with van der Waals surface area (Å²) in [5, 5.41) is 4.40. The van der Waals surface area contributed by atoms with Crippen molar-refractivity contribution in [1.82, 2.24) is 14.7 Å². The van der Waals surface area contributed by atoms with E-state index >= 15 is 0 Å². The van der Waals surface area contributed by atoms with Gasteiger partial charge in [-0.15, -0.1) is 0 Å². The SMILES string of the molecule is CN1CCC(Cn2nc(-c3ccccc3)ccc2=O)C1=O. The zero-order valence-corrected chi connectivity index (χ0v) is 11.9. The third-order valence-corrected chi connectivity index (χ3v) is 3.87. The highest BCUT2D eigenvalue weighted by Gasteiger charge is 2.29. The number of benzene rings is 1. The minimum Gasteiger partial charge on any atom is -0.345 e. The molecule has 1 aromatic carbocycles. The lowest BCUT2D eigenvalue weighted by Crippen LogP contribution is -2.30. The van der Waals surface area contributed by atoms with Gasteiger partial charge in [0.15, 0.2) is 0 Å². The molecule has 1 unspecified atom stereocenters. The number of carbonyl (C=O) groups is 1. The fourth-order valence-electron chi connectivity index (χ4n) is 2.62. The number of rotatable bonds is 3. The first-order valence-corrected chi connectivity index (χ1v) is 7.04. The zero-order chi connectivity index (χ0) is 14.8. The Morgan fingerprint density at radius 2 is 1.90 bits per heavy atom. The summed E-state index contributed by atoms with van der Waals surface area (Å²) < 4.78 is 1.41. The highest BCUT2D eigenvalue weighted by Crippen LogP contribution is 2.18. The fraction of sp³-hybridized carbons (Fsp3) is 0.312. The third kappa shape index (κ3) is 2.72. The Hall–Kier alpha value is -2.43. The van der Waals surface area contributed by atoms with E-state index in [0.717, 1.165) is 24.2 Å². The maximum absolute atomic E-state index is 12.0. The molecule has 0 saturated carbocycles. The van der Waals surface area contributed by atoms with Crippen LogP contribution in [0, 0.1) is 5.92 Å². The van der Waals surface area contributed by atoms with E-state index in [1.54, 1.807) is 18.0 Å². The van der Waals surface area contributed by atoms with E-state index in [0.29, 0.717) is 6.54 Å². The van der Waals surface area contributed by atoms with E-state index in [-0.39, 0.29) is 17.4 Å². The number of nitrogens with zero attached hydrogens (tertiary/aromatic N) is 3. The summed E-state index contributed by atoms with van der Waals surface area (Å²) in [4.78, 5) is 25.6. The molecule has 1 aliphatic rings. The van der Waals surface area contributed by atoms with E-state index in [1.165, 1.54) is 10.7 Å². The molecular formula is C16H17N3O2. The minimum atomic E-state index is -0.169. The van der Waals surface area contributed by atoms with Crippen molar-refractivity contribution >= 4 is 5.91 Å². The van der Waals surface area contributed by atoms with Crippen LogP contribution in [0.4, 0.5) is 0 Å². The molecule has 0 N–H and O–H groups in total. The Bertz CT molecular complexity index is 709. The van der Waals surface area contributed by atoms with Gasteiger partial charge in [0.2, 0.25) is 5.91 Å². The molecule has 2 aromatic rings. The van der Waals surface area contributed by atoms with Crippen molar-refractivity contribution in [3.05, 3.63) is 52.8 Å². The van der Waals surface area contributed by atoms with E-state index in [1.807, 2.05) is 30.3 Å². The summed E-state index contributed by atoms with van der Waals surface area (Å²) in [6.45, 7) is 1.10. The van der Waals surface area contributed by atoms with Crippen molar-refractivity contribution in [2.24, 2.45) is 5.92 Å². The van der Waals surface area contributed by atoms with Crippen LogP contribution in [-0.2, 0) is 11.3 Å². The van der Waals surface area contributed by atoms with Gasteiger partial charge in [0.05, 0.1) is 18.2 Å². The molecule has 3 rings (SSSR count). The number of likely N-dealkylation sites (tertiary alicyclic amines) is 1. The van der Waals surface area contributed by atoms with E-state index in [2.05, 4.69) is 5.10 Å². The lowest BCUT2D eigenvalue weighted by Gasteiger charge is -2.12. The predicted octanol–water partition coefficient (Wildman–Crippen LogP) is 1.39. The predicted molar refractivity (Wildman–Crippen MR) is 79.7 cm³/mol. The largest absolute Gasteiger partial charge is 0.345 e. The van der Waals surface area contributed by atoms with Crippen LogP contribution >= 0.6 is 0 Å². The third-order valence-electron chi connectivity index (χ3n) is 3.87. The van der Waals surface area contributed by atoms with Crippen LogP contribution in [0.15, 0.2) is 47.3 Å². The van der Waals surface area contributed by atoms with Crippen LogP contribution < -0.4 is 5.56 Å². The van der Waals surface area contributed by atoms with E-state index in [4.69, 9.17) is 0 Å². The highest BCUT2D eigenvalue weighted by atomic mass is 16.2. The number of hydrogen-bond acceptors (Lipinski definition) is 3. The molecule has 1 atom stereocenters. The van der Waals surface area contributed by atoms with Gasteiger partial charge >= 0.3 is 0 Å². The molecule has 0 radical (unpaired) electrons. The van der Waals surface area contributed by atoms with Crippen LogP contribution in [0.3, 0.4) is 0 Å². The molecule has 1 saturated heterocycles. The Morgan fingerprint density at radius 1 is 1.14 bits per heavy atom. The first-order chi connectivity index (χ1) is 10.1. The Morgan fingerprint density at radius 3 is 2.57 bits per heavy atom.